The molecule has 2 aromatic carbocycles. The highest BCUT2D eigenvalue weighted by Crippen LogP contribution is 2.20. The van der Waals surface area contributed by atoms with Gasteiger partial charge in [0.05, 0.1) is 13.1 Å². The summed E-state index contributed by atoms with van der Waals surface area (Å²) in [5, 5.41) is 4.93. The van der Waals surface area contributed by atoms with Crippen LogP contribution in [0, 0.1) is 0 Å². The molecule has 3 amide bonds. The Morgan fingerprint density at radius 1 is 0.971 bits per heavy atom. The van der Waals surface area contributed by atoms with Crippen LogP contribution >= 0.6 is 0 Å². The largest absolute Gasteiger partial charge is 0.383 e. The van der Waals surface area contributed by atoms with Crippen LogP contribution in [0.2, 0.25) is 0 Å². The zero-order valence-electron chi connectivity index (χ0n) is 20.0. The first-order chi connectivity index (χ1) is 16.5. The van der Waals surface area contributed by atoms with Crippen molar-refractivity contribution in [3.63, 3.8) is 0 Å². The minimum absolute atomic E-state index is 0.0317. The predicted molar refractivity (Wildman–Crippen MR) is 135 cm³/mol. The molecular formula is C25H30N6O4. The fraction of sp³-hybridized carbons (Fsp3) is 0.280. The Kier molecular flexibility index (Phi) is 7.75. The fourth-order valence-electron chi connectivity index (χ4n) is 3.54. The molecule has 0 unspecified atom stereocenters. The highest BCUT2D eigenvalue weighted by molar-refractivity contribution is 5.96. The van der Waals surface area contributed by atoms with E-state index in [0.717, 1.165) is 11.1 Å². The summed E-state index contributed by atoms with van der Waals surface area (Å²) in [5.74, 6) is -0.715. The predicted octanol–water partition coefficient (Wildman–Crippen LogP) is 1.80. The SMILES string of the molecule is CC(C)(C)NC(=O)NC(=O)CN(Cc1ccccc1)c1c(N)n(Cc2ccccc2)c(=O)[nH]c1=O. The van der Waals surface area contributed by atoms with Gasteiger partial charge in [-0.2, -0.15) is 0 Å². The third kappa shape index (κ3) is 7.07. The summed E-state index contributed by atoms with van der Waals surface area (Å²) in [5.41, 5.74) is 6.00. The highest BCUT2D eigenvalue weighted by Gasteiger charge is 2.23. The molecule has 1 aromatic heterocycles. The molecule has 1 heterocycles. The van der Waals surface area contributed by atoms with E-state index in [-0.39, 0.29) is 31.1 Å². The Morgan fingerprint density at radius 3 is 2.11 bits per heavy atom. The molecule has 10 nitrogen and oxygen atoms in total. The first-order valence-corrected chi connectivity index (χ1v) is 11.1. The number of carbonyl (C=O) groups is 2. The lowest BCUT2D eigenvalue weighted by molar-refractivity contribution is -0.118. The quantitative estimate of drug-likeness (QED) is 0.408. The van der Waals surface area contributed by atoms with Crippen molar-refractivity contribution in [1.82, 2.24) is 20.2 Å². The number of nitrogens with zero attached hydrogens (tertiary/aromatic N) is 2. The molecule has 0 atom stereocenters. The molecule has 0 fully saturated rings. The zero-order chi connectivity index (χ0) is 25.6. The van der Waals surface area contributed by atoms with Gasteiger partial charge in [-0.25, -0.2) is 9.59 Å². The van der Waals surface area contributed by atoms with Crippen molar-refractivity contribution in [2.24, 2.45) is 0 Å². The normalized spacial score (nSPS) is 11.1. The standard InChI is InChI=1S/C25H30N6O4/c1-25(2,3)29-23(34)27-19(32)16-30(14-17-10-6-4-7-11-17)20-21(26)31(24(35)28-22(20)33)15-18-12-8-5-9-13-18/h4-13H,14-16,26H2,1-3H3,(H,28,33,35)(H2,27,29,32,34). The second kappa shape index (κ2) is 10.7. The van der Waals surface area contributed by atoms with Gasteiger partial charge in [0.2, 0.25) is 5.91 Å². The summed E-state index contributed by atoms with van der Waals surface area (Å²) >= 11 is 0. The smallest absolute Gasteiger partial charge is 0.330 e. The van der Waals surface area contributed by atoms with Crippen LogP contribution in [0.3, 0.4) is 0 Å². The molecule has 0 radical (unpaired) electrons. The number of anilines is 2. The Labute approximate surface area is 202 Å². The van der Waals surface area contributed by atoms with E-state index >= 15 is 0 Å². The number of rotatable bonds is 7. The summed E-state index contributed by atoms with van der Waals surface area (Å²) in [6.07, 6.45) is 0. The number of urea groups is 1. The number of benzene rings is 2. The summed E-state index contributed by atoms with van der Waals surface area (Å²) < 4.78 is 1.24. The molecule has 0 saturated carbocycles. The average Bonchev–Trinajstić information content (AvgIpc) is 2.76. The molecule has 3 aromatic rings. The fourth-order valence-corrected chi connectivity index (χ4v) is 3.54. The maximum absolute atomic E-state index is 12.9. The molecule has 5 N–H and O–H groups in total. The molecule has 0 aliphatic rings. The Balaban J connectivity index is 1.97. The lowest BCUT2D eigenvalue weighted by Crippen LogP contribution is -2.51. The first-order valence-electron chi connectivity index (χ1n) is 11.1. The van der Waals surface area contributed by atoms with E-state index in [1.54, 1.807) is 20.8 Å². The molecule has 35 heavy (non-hydrogen) atoms. The van der Waals surface area contributed by atoms with Gasteiger partial charge >= 0.3 is 11.7 Å². The van der Waals surface area contributed by atoms with E-state index in [4.69, 9.17) is 5.73 Å². The van der Waals surface area contributed by atoms with Crippen LogP contribution in [0.15, 0.2) is 70.3 Å². The van der Waals surface area contributed by atoms with Gasteiger partial charge < -0.3 is 16.0 Å². The summed E-state index contributed by atoms with van der Waals surface area (Å²) in [4.78, 5) is 54.1. The van der Waals surface area contributed by atoms with Gasteiger partial charge in [-0.05, 0) is 31.9 Å². The summed E-state index contributed by atoms with van der Waals surface area (Å²) in [7, 11) is 0. The molecule has 3 rings (SSSR count). The van der Waals surface area contributed by atoms with Gasteiger partial charge in [-0.1, -0.05) is 60.7 Å². The van der Waals surface area contributed by atoms with Crippen molar-refractivity contribution in [2.45, 2.75) is 39.4 Å². The number of amides is 3. The van der Waals surface area contributed by atoms with Crippen LogP contribution in [0.25, 0.3) is 0 Å². The average molecular weight is 479 g/mol. The van der Waals surface area contributed by atoms with Crippen molar-refractivity contribution < 1.29 is 9.59 Å². The molecule has 0 aliphatic heterocycles. The maximum Gasteiger partial charge on any atom is 0.330 e. The van der Waals surface area contributed by atoms with E-state index in [0.29, 0.717) is 0 Å². The van der Waals surface area contributed by atoms with Crippen molar-refractivity contribution in [3.8, 4) is 0 Å². The second-order valence-electron chi connectivity index (χ2n) is 9.16. The second-order valence-corrected chi connectivity index (χ2v) is 9.16. The number of imide groups is 1. The molecule has 0 saturated heterocycles. The number of hydrogen-bond donors (Lipinski definition) is 4. The van der Waals surface area contributed by atoms with Gasteiger partial charge in [0, 0.05) is 12.1 Å². The van der Waals surface area contributed by atoms with Gasteiger partial charge in [0.1, 0.15) is 11.5 Å². The van der Waals surface area contributed by atoms with Crippen molar-refractivity contribution in [2.75, 3.05) is 17.2 Å². The Hall–Kier alpha value is -4.34. The maximum atomic E-state index is 12.9. The van der Waals surface area contributed by atoms with Gasteiger partial charge in [0.15, 0.2) is 0 Å². The minimum atomic E-state index is -0.723. The Bertz CT molecular complexity index is 1290. The molecule has 184 valence electrons. The van der Waals surface area contributed by atoms with Crippen LogP contribution in [0.4, 0.5) is 16.3 Å². The number of nitrogens with one attached hydrogen (secondary N) is 3. The van der Waals surface area contributed by atoms with Gasteiger partial charge in [0.25, 0.3) is 5.56 Å². The summed E-state index contributed by atoms with van der Waals surface area (Å²) in [6, 6.07) is 17.7. The number of H-pyrrole nitrogens is 1. The molecule has 0 aliphatic carbocycles. The lowest BCUT2D eigenvalue weighted by atomic mass is 10.1. The number of hydrogen-bond acceptors (Lipinski definition) is 6. The van der Waals surface area contributed by atoms with Gasteiger partial charge in [-0.3, -0.25) is 24.5 Å². The number of aromatic amines is 1. The monoisotopic (exact) mass is 478 g/mol. The first kappa shape index (κ1) is 25.3. The lowest BCUT2D eigenvalue weighted by Gasteiger charge is -2.26. The van der Waals surface area contributed by atoms with E-state index in [2.05, 4.69) is 15.6 Å². The molecule has 10 heteroatoms. The Morgan fingerprint density at radius 2 is 1.54 bits per heavy atom. The molecule has 0 spiro atoms. The number of carbonyl (C=O) groups excluding carboxylic acids is 2. The third-order valence-electron chi connectivity index (χ3n) is 5.01. The van der Waals surface area contributed by atoms with Crippen LogP contribution in [-0.4, -0.2) is 33.6 Å². The van der Waals surface area contributed by atoms with E-state index < -0.39 is 28.7 Å². The van der Waals surface area contributed by atoms with Crippen molar-refractivity contribution in [3.05, 3.63) is 92.6 Å². The zero-order valence-corrected chi connectivity index (χ0v) is 20.0. The van der Waals surface area contributed by atoms with Gasteiger partial charge in [-0.15, -0.1) is 0 Å². The van der Waals surface area contributed by atoms with Crippen molar-refractivity contribution >= 4 is 23.4 Å². The number of nitrogen functional groups attached to an aromatic ring is 1. The van der Waals surface area contributed by atoms with Crippen LogP contribution in [-0.2, 0) is 17.9 Å². The topological polar surface area (TPSA) is 142 Å². The van der Waals surface area contributed by atoms with Crippen LogP contribution < -0.4 is 32.5 Å². The van der Waals surface area contributed by atoms with Crippen molar-refractivity contribution in [1.29, 1.82) is 0 Å². The summed E-state index contributed by atoms with van der Waals surface area (Å²) in [6.45, 7) is 5.29. The molecular weight excluding hydrogens is 448 g/mol. The van der Waals surface area contributed by atoms with E-state index in [1.807, 2.05) is 60.7 Å². The highest BCUT2D eigenvalue weighted by atomic mass is 16.2. The van der Waals surface area contributed by atoms with Crippen LogP contribution in [0.1, 0.15) is 31.9 Å². The van der Waals surface area contributed by atoms with E-state index in [9.17, 15) is 19.2 Å². The number of aromatic nitrogens is 2. The third-order valence-corrected chi connectivity index (χ3v) is 5.01. The minimum Gasteiger partial charge on any atom is -0.383 e. The van der Waals surface area contributed by atoms with E-state index in [1.165, 1.54) is 9.47 Å². The molecule has 0 bridgehead atoms. The number of nitrogens with two attached hydrogens (primary N) is 1. The van der Waals surface area contributed by atoms with Crippen LogP contribution in [0.5, 0.6) is 0 Å².